The average Bonchev–Trinajstić information content (AvgIpc) is 2.92. The molecule has 0 bridgehead atoms. The van der Waals surface area contributed by atoms with Crippen LogP contribution in [0, 0.1) is 0 Å². The number of rotatable bonds is 6. The Morgan fingerprint density at radius 3 is 2.73 bits per heavy atom. The Morgan fingerprint density at radius 2 is 2.14 bits per heavy atom. The molecule has 0 radical (unpaired) electrons. The molecule has 1 atom stereocenters. The number of halogens is 2. The van der Waals surface area contributed by atoms with Crippen LogP contribution in [-0.2, 0) is 0 Å². The number of nitrogens with zero attached hydrogens (tertiary/aromatic N) is 1. The fourth-order valence-electron chi connectivity index (χ4n) is 3.45. The lowest BCUT2D eigenvalue weighted by molar-refractivity contribution is 0.0748. The predicted molar refractivity (Wildman–Crippen MR) is 92.8 cm³/mol. The lowest BCUT2D eigenvalue weighted by atomic mass is 9.74. The normalized spacial score (nSPS) is 22.0. The summed E-state index contributed by atoms with van der Waals surface area (Å²) >= 11 is 12.0. The molecule has 1 N–H and O–H groups in total. The first-order chi connectivity index (χ1) is 10.4. The van der Waals surface area contributed by atoms with Gasteiger partial charge in [-0.15, -0.1) is 0 Å². The van der Waals surface area contributed by atoms with Crippen LogP contribution in [0.25, 0.3) is 0 Å². The molecule has 3 nitrogen and oxygen atoms in total. The summed E-state index contributed by atoms with van der Waals surface area (Å²) in [6.45, 7) is 4.58. The van der Waals surface area contributed by atoms with Gasteiger partial charge in [-0.1, -0.05) is 43.0 Å². The fraction of sp³-hybridized carbons (Fsp3) is 0.562. The zero-order valence-electron chi connectivity index (χ0n) is 13.1. The summed E-state index contributed by atoms with van der Waals surface area (Å²) < 4.78 is 0. The maximum atomic E-state index is 13.2. The predicted octanol–water partition coefficient (Wildman–Crippen LogP) is 4.31. The van der Waals surface area contributed by atoms with E-state index in [-0.39, 0.29) is 5.78 Å². The topological polar surface area (TPSA) is 40.5 Å². The van der Waals surface area contributed by atoms with Gasteiger partial charge in [0, 0.05) is 5.56 Å². The van der Waals surface area contributed by atoms with E-state index in [1.54, 1.807) is 25.0 Å². The lowest BCUT2D eigenvalue weighted by Gasteiger charge is -2.38. The molecule has 1 aromatic rings. The van der Waals surface area contributed by atoms with Crippen LogP contribution in [0.15, 0.2) is 18.2 Å². The van der Waals surface area contributed by atoms with Crippen molar-refractivity contribution in [3.8, 4) is 0 Å². The molecule has 22 heavy (non-hydrogen) atoms. The largest absolute Gasteiger partial charge is 0.437 e. The molecule has 1 heterocycles. The van der Waals surface area contributed by atoms with E-state index in [2.05, 4.69) is 6.92 Å². The van der Waals surface area contributed by atoms with Gasteiger partial charge in [-0.3, -0.25) is 4.79 Å². The van der Waals surface area contributed by atoms with Gasteiger partial charge in [-0.25, -0.2) is 0 Å². The van der Waals surface area contributed by atoms with E-state index >= 15 is 0 Å². The maximum absolute atomic E-state index is 13.2. The van der Waals surface area contributed by atoms with Crippen LogP contribution in [0.2, 0.25) is 16.9 Å². The molecule has 1 aliphatic rings. The summed E-state index contributed by atoms with van der Waals surface area (Å²) in [5.74, 6) is 0.0397. The standard InChI is InChI=1S/C16H22BCl2NO2/c1-3-4-8-16(9-5-10-20(16)17(2)22)15(21)12-6-7-13(18)14(19)11-12/h6-7,11,22H,3-5,8-10H2,1-2H3. The van der Waals surface area contributed by atoms with Crippen LogP contribution in [0.3, 0.4) is 0 Å². The molecule has 0 amide bonds. The molecule has 6 heteroatoms. The highest BCUT2D eigenvalue weighted by atomic mass is 35.5. The summed E-state index contributed by atoms with van der Waals surface area (Å²) in [5.41, 5.74) is -0.0560. The molecule has 1 aromatic carbocycles. The van der Waals surface area contributed by atoms with Gasteiger partial charge < -0.3 is 9.83 Å². The Labute approximate surface area is 142 Å². The van der Waals surface area contributed by atoms with Crippen LogP contribution in [-0.4, -0.2) is 34.8 Å². The van der Waals surface area contributed by atoms with Crippen molar-refractivity contribution in [2.75, 3.05) is 6.54 Å². The van der Waals surface area contributed by atoms with Crippen molar-refractivity contribution in [1.82, 2.24) is 4.81 Å². The van der Waals surface area contributed by atoms with Crippen molar-refractivity contribution in [1.29, 1.82) is 0 Å². The number of benzene rings is 1. The van der Waals surface area contributed by atoms with Crippen LogP contribution < -0.4 is 0 Å². The molecule has 1 saturated heterocycles. The second-order valence-electron chi connectivity index (χ2n) is 6.02. The third kappa shape index (κ3) is 3.35. The summed E-state index contributed by atoms with van der Waals surface area (Å²) in [6, 6.07) is 5.02. The highest BCUT2D eigenvalue weighted by Gasteiger charge is 2.49. The summed E-state index contributed by atoms with van der Waals surface area (Å²) in [4.78, 5) is 15.1. The van der Waals surface area contributed by atoms with Crippen molar-refractivity contribution in [3.05, 3.63) is 33.8 Å². The summed E-state index contributed by atoms with van der Waals surface area (Å²) in [5, 5.41) is 10.9. The van der Waals surface area contributed by atoms with Gasteiger partial charge in [-0.05, 0) is 50.8 Å². The van der Waals surface area contributed by atoms with Gasteiger partial charge >= 0.3 is 7.05 Å². The third-order valence-corrected chi connectivity index (χ3v) is 5.28. The van der Waals surface area contributed by atoms with Gasteiger partial charge in [0.25, 0.3) is 0 Å². The Morgan fingerprint density at radius 1 is 1.41 bits per heavy atom. The smallest absolute Gasteiger partial charge is 0.377 e. The van der Waals surface area contributed by atoms with Crippen molar-refractivity contribution in [2.45, 2.75) is 51.4 Å². The van der Waals surface area contributed by atoms with Gasteiger partial charge in [0.05, 0.1) is 15.6 Å². The van der Waals surface area contributed by atoms with Gasteiger partial charge in [0.1, 0.15) is 0 Å². The zero-order valence-corrected chi connectivity index (χ0v) is 14.6. The molecule has 0 saturated carbocycles. The van der Waals surface area contributed by atoms with E-state index in [4.69, 9.17) is 23.2 Å². The molecule has 0 aliphatic carbocycles. The number of Topliss-reactive ketones (excluding diaryl/α,β-unsaturated/α-hetero) is 1. The van der Waals surface area contributed by atoms with Gasteiger partial charge in [0.15, 0.2) is 5.78 Å². The first kappa shape index (κ1) is 17.8. The molecule has 1 unspecified atom stereocenters. The van der Waals surface area contributed by atoms with Crippen LogP contribution in [0.4, 0.5) is 0 Å². The fourth-order valence-corrected chi connectivity index (χ4v) is 3.74. The Kier molecular flexibility index (Phi) is 5.95. The number of carbonyl (C=O) groups is 1. The number of ketones is 1. The molecular formula is C16H22BCl2NO2. The van der Waals surface area contributed by atoms with Crippen molar-refractivity contribution in [2.24, 2.45) is 0 Å². The summed E-state index contributed by atoms with van der Waals surface area (Å²) in [6.07, 6.45) is 4.42. The minimum Gasteiger partial charge on any atom is -0.437 e. The van der Waals surface area contributed by atoms with E-state index in [9.17, 15) is 9.82 Å². The first-order valence-electron chi connectivity index (χ1n) is 7.87. The Bertz CT molecular complexity index is 553. The second-order valence-corrected chi connectivity index (χ2v) is 6.84. The van der Waals surface area contributed by atoms with Crippen molar-refractivity contribution < 1.29 is 9.82 Å². The quantitative estimate of drug-likeness (QED) is 0.619. The van der Waals surface area contributed by atoms with Crippen LogP contribution in [0.1, 0.15) is 49.4 Å². The molecule has 1 aliphatic heterocycles. The molecule has 120 valence electrons. The number of hydrogen-bond donors (Lipinski definition) is 1. The molecule has 0 aromatic heterocycles. The van der Waals surface area contributed by atoms with Crippen LogP contribution in [0.5, 0.6) is 0 Å². The zero-order chi connectivity index (χ0) is 16.3. The van der Waals surface area contributed by atoms with Gasteiger partial charge in [-0.2, -0.15) is 0 Å². The highest BCUT2D eigenvalue weighted by Crippen LogP contribution is 2.38. The molecule has 1 fully saturated rings. The Hall–Kier alpha value is -0.545. The molecule has 2 rings (SSSR count). The maximum Gasteiger partial charge on any atom is 0.377 e. The monoisotopic (exact) mass is 341 g/mol. The summed E-state index contributed by atoms with van der Waals surface area (Å²) in [7, 11) is -0.633. The van der Waals surface area contributed by atoms with Crippen molar-refractivity contribution in [3.63, 3.8) is 0 Å². The lowest BCUT2D eigenvalue weighted by Crippen LogP contribution is -2.55. The van der Waals surface area contributed by atoms with E-state index in [1.165, 1.54) is 0 Å². The van der Waals surface area contributed by atoms with Gasteiger partial charge in [0.2, 0.25) is 0 Å². The van der Waals surface area contributed by atoms with Crippen LogP contribution >= 0.6 is 23.2 Å². The van der Waals surface area contributed by atoms with E-state index < -0.39 is 12.6 Å². The average molecular weight is 342 g/mol. The Balaban J connectivity index is 2.39. The molecule has 0 spiro atoms. The first-order valence-corrected chi connectivity index (χ1v) is 8.62. The van der Waals surface area contributed by atoms with Crippen molar-refractivity contribution >= 4 is 36.0 Å². The third-order valence-electron chi connectivity index (χ3n) is 4.54. The second kappa shape index (κ2) is 7.35. The number of unbranched alkanes of at least 4 members (excludes halogenated alkanes) is 1. The minimum atomic E-state index is -0.633. The van der Waals surface area contributed by atoms with E-state index in [0.29, 0.717) is 15.6 Å². The SMILES string of the molecule is CCCCC1(C(=O)c2ccc(Cl)c(Cl)c2)CCCN1B(C)O. The van der Waals surface area contributed by atoms with E-state index in [0.717, 1.165) is 38.6 Å². The number of hydrogen-bond acceptors (Lipinski definition) is 3. The highest BCUT2D eigenvalue weighted by molar-refractivity contribution is 6.46. The number of carbonyl (C=O) groups excluding carboxylic acids is 1. The minimum absolute atomic E-state index is 0.0397. The van der Waals surface area contributed by atoms with E-state index in [1.807, 2.05) is 4.81 Å². The molecular weight excluding hydrogens is 320 g/mol.